The standard InChI is InChI=1S/C27H27ClN2O5/c1-27(2,25(31)32)35-22-7-5-6-19(18-22)14-15-30(16-17-33-21-12-10-20(28)11-13-21)26-29-23-8-3-4-9-24(23)34-26/h3-13,18H,14-17H2,1-2H3,(H,31,32). The second-order valence-electron chi connectivity index (χ2n) is 8.57. The molecule has 0 fully saturated rings. The first-order valence-electron chi connectivity index (χ1n) is 11.3. The van der Waals surface area contributed by atoms with Crippen LogP contribution in [0.4, 0.5) is 6.01 Å². The Labute approximate surface area is 208 Å². The molecule has 0 unspecified atom stereocenters. The van der Waals surface area contributed by atoms with Crippen molar-refractivity contribution in [2.24, 2.45) is 0 Å². The Kier molecular flexibility index (Phi) is 7.46. The summed E-state index contributed by atoms with van der Waals surface area (Å²) in [6.45, 7) is 4.64. The first kappa shape index (κ1) is 24.4. The summed E-state index contributed by atoms with van der Waals surface area (Å²) in [5, 5.41) is 10.0. The molecule has 8 heteroatoms. The monoisotopic (exact) mass is 494 g/mol. The highest BCUT2D eigenvalue weighted by Crippen LogP contribution is 2.24. The fourth-order valence-electron chi connectivity index (χ4n) is 3.47. The Morgan fingerprint density at radius 3 is 2.54 bits per heavy atom. The molecule has 0 saturated carbocycles. The van der Waals surface area contributed by atoms with Crippen LogP contribution >= 0.6 is 11.6 Å². The molecule has 0 spiro atoms. The van der Waals surface area contributed by atoms with Gasteiger partial charge in [0, 0.05) is 11.6 Å². The van der Waals surface area contributed by atoms with Gasteiger partial charge >= 0.3 is 5.97 Å². The molecule has 0 aliphatic rings. The summed E-state index contributed by atoms with van der Waals surface area (Å²) in [5.74, 6) is 0.220. The van der Waals surface area contributed by atoms with Gasteiger partial charge in [0.15, 0.2) is 11.2 Å². The van der Waals surface area contributed by atoms with Crippen LogP contribution in [0, 0.1) is 0 Å². The van der Waals surface area contributed by atoms with Crippen molar-refractivity contribution >= 4 is 34.7 Å². The van der Waals surface area contributed by atoms with Gasteiger partial charge < -0.3 is 23.9 Å². The highest BCUT2D eigenvalue weighted by atomic mass is 35.5. The van der Waals surface area contributed by atoms with Gasteiger partial charge in [-0.2, -0.15) is 4.98 Å². The first-order valence-corrected chi connectivity index (χ1v) is 11.7. The second kappa shape index (κ2) is 10.7. The number of nitrogens with zero attached hydrogens (tertiary/aromatic N) is 2. The number of halogens is 1. The molecule has 1 aromatic heterocycles. The lowest BCUT2D eigenvalue weighted by atomic mass is 10.1. The number of carboxylic acids is 1. The largest absolute Gasteiger partial charge is 0.492 e. The van der Waals surface area contributed by atoms with Crippen molar-refractivity contribution in [2.75, 3.05) is 24.6 Å². The van der Waals surface area contributed by atoms with E-state index in [0.717, 1.165) is 22.4 Å². The van der Waals surface area contributed by atoms with E-state index < -0.39 is 11.6 Å². The Balaban J connectivity index is 1.46. The maximum atomic E-state index is 11.4. The number of hydrogen-bond donors (Lipinski definition) is 1. The number of aliphatic carboxylic acids is 1. The zero-order valence-corrected chi connectivity index (χ0v) is 20.4. The summed E-state index contributed by atoms with van der Waals surface area (Å²) in [7, 11) is 0. The van der Waals surface area contributed by atoms with E-state index in [9.17, 15) is 9.90 Å². The average Bonchev–Trinajstić information content (AvgIpc) is 3.26. The van der Waals surface area contributed by atoms with E-state index in [0.29, 0.717) is 42.9 Å². The van der Waals surface area contributed by atoms with Crippen molar-refractivity contribution in [1.29, 1.82) is 0 Å². The van der Waals surface area contributed by atoms with Crippen LogP contribution < -0.4 is 14.4 Å². The number of benzene rings is 3. The number of hydrogen-bond acceptors (Lipinski definition) is 6. The van der Waals surface area contributed by atoms with Crippen LogP contribution in [0.2, 0.25) is 5.02 Å². The van der Waals surface area contributed by atoms with E-state index in [-0.39, 0.29) is 0 Å². The molecule has 4 aromatic rings. The zero-order chi connectivity index (χ0) is 24.8. The number of rotatable bonds is 11. The van der Waals surface area contributed by atoms with E-state index >= 15 is 0 Å². The third-order valence-electron chi connectivity index (χ3n) is 5.45. The molecule has 182 valence electrons. The van der Waals surface area contributed by atoms with Gasteiger partial charge in [-0.1, -0.05) is 35.9 Å². The van der Waals surface area contributed by atoms with E-state index in [1.807, 2.05) is 59.5 Å². The third-order valence-corrected chi connectivity index (χ3v) is 5.71. The summed E-state index contributed by atoms with van der Waals surface area (Å²) in [6, 6.07) is 22.8. The number of fused-ring (bicyclic) bond motifs is 1. The van der Waals surface area contributed by atoms with Crippen molar-refractivity contribution in [1.82, 2.24) is 4.98 Å². The number of carboxylic acid groups (broad SMARTS) is 1. The lowest BCUT2D eigenvalue weighted by Crippen LogP contribution is -2.37. The van der Waals surface area contributed by atoms with Crippen molar-refractivity contribution < 1.29 is 23.8 Å². The Bertz CT molecular complexity index is 1250. The van der Waals surface area contributed by atoms with Crippen molar-refractivity contribution in [3.05, 3.63) is 83.4 Å². The molecule has 1 N–H and O–H groups in total. The van der Waals surface area contributed by atoms with E-state index in [2.05, 4.69) is 4.98 Å². The van der Waals surface area contributed by atoms with Gasteiger partial charge in [0.1, 0.15) is 23.6 Å². The smallest absolute Gasteiger partial charge is 0.347 e. The maximum Gasteiger partial charge on any atom is 0.347 e. The number of para-hydroxylation sites is 2. The van der Waals surface area contributed by atoms with E-state index in [1.165, 1.54) is 13.8 Å². The van der Waals surface area contributed by atoms with Crippen molar-refractivity contribution in [3.8, 4) is 11.5 Å². The highest BCUT2D eigenvalue weighted by molar-refractivity contribution is 6.30. The van der Waals surface area contributed by atoms with Crippen LogP contribution in [0.15, 0.2) is 77.2 Å². The molecule has 4 rings (SSSR count). The van der Waals surface area contributed by atoms with Gasteiger partial charge in [-0.15, -0.1) is 0 Å². The normalized spacial score (nSPS) is 11.4. The summed E-state index contributed by atoms with van der Waals surface area (Å²) >= 11 is 5.95. The second-order valence-corrected chi connectivity index (χ2v) is 9.00. The summed E-state index contributed by atoms with van der Waals surface area (Å²) < 4.78 is 17.6. The minimum atomic E-state index is -1.32. The molecular weight excluding hydrogens is 468 g/mol. The van der Waals surface area contributed by atoms with Crippen LogP contribution in [0.1, 0.15) is 19.4 Å². The molecule has 3 aromatic carbocycles. The predicted octanol–water partition coefficient (Wildman–Crippen LogP) is 5.85. The fourth-order valence-corrected chi connectivity index (χ4v) is 3.60. The van der Waals surface area contributed by atoms with Gasteiger partial charge in [-0.05, 0) is 74.4 Å². The number of ether oxygens (including phenoxy) is 2. The van der Waals surface area contributed by atoms with Gasteiger partial charge in [0.25, 0.3) is 6.01 Å². The Morgan fingerprint density at radius 2 is 1.80 bits per heavy atom. The number of anilines is 1. The molecule has 35 heavy (non-hydrogen) atoms. The molecule has 7 nitrogen and oxygen atoms in total. The van der Waals surface area contributed by atoms with Crippen molar-refractivity contribution in [3.63, 3.8) is 0 Å². The van der Waals surface area contributed by atoms with Crippen molar-refractivity contribution in [2.45, 2.75) is 25.9 Å². The summed E-state index contributed by atoms with van der Waals surface area (Å²) in [4.78, 5) is 18.1. The van der Waals surface area contributed by atoms with E-state index in [4.69, 9.17) is 25.5 Å². The third kappa shape index (κ3) is 6.45. The molecule has 0 atom stereocenters. The molecule has 0 saturated heterocycles. The van der Waals surface area contributed by atoms with Crippen LogP contribution in [0.25, 0.3) is 11.1 Å². The van der Waals surface area contributed by atoms with Gasteiger partial charge in [0.05, 0.1) is 6.54 Å². The number of carbonyl (C=O) groups is 1. The van der Waals surface area contributed by atoms with E-state index in [1.54, 1.807) is 18.2 Å². The van der Waals surface area contributed by atoms with Crippen LogP contribution in [-0.2, 0) is 11.2 Å². The summed E-state index contributed by atoms with van der Waals surface area (Å²) in [6.07, 6.45) is 0.671. The van der Waals surface area contributed by atoms with Crippen LogP contribution in [-0.4, -0.2) is 41.4 Å². The maximum absolute atomic E-state index is 11.4. The van der Waals surface area contributed by atoms with Gasteiger partial charge in [-0.3, -0.25) is 0 Å². The average molecular weight is 495 g/mol. The molecule has 0 aliphatic carbocycles. The summed E-state index contributed by atoms with van der Waals surface area (Å²) in [5.41, 5.74) is 1.19. The lowest BCUT2D eigenvalue weighted by molar-refractivity contribution is -0.152. The number of oxazole rings is 1. The Hall–Kier alpha value is -3.71. The fraction of sp³-hybridized carbons (Fsp3) is 0.259. The molecule has 0 amide bonds. The first-order chi connectivity index (χ1) is 16.8. The molecule has 1 heterocycles. The Morgan fingerprint density at radius 1 is 1.03 bits per heavy atom. The minimum absolute atomic E-state index is 0.427. The highest BCUT2D eigenvalue weighted by Gasteiger charge is 2.29. The SMILES string of the molecule is CC(C)(Oc1cccc(CCN(CCOc2ccc(Cl)cc2)c2nc3ccccc3o2)c1)C(=O)O. The van der Waals surface area contributed by atoms with Crippen LogP contribution in [0.5, 0.6) is 11.5 Å². The lowest BCUT2D eigenvalue weighted by Gasteiger charge is -2.23. The van der Waals surface area contributed by atoms with Crippen LogP contribution in [0.3, 0.4) is 0 Å². The molecule has 0 radical (unpaired) electrons. The zero-order valence-electron chi connectivity index (χ0n) is 19.6. The topological polar surface area (TPSA) is 85.0 Å². The minimum Gasteiger partial charge on any atom is -0.492 e. The van der Waals surface area contributed by atoms with Gasteiger partial charge in [0.2, 0.25) is 0 Å². The molecule has 0 bridgehead atoms. The molecule has 0 aliphatic heterocycles. The molecular formula is C27H27ClN2O5. The quantitative estimate of drug-likeness (QED) is 0.280. The van der Waals surface area contributed by atoms with Gasteiger partial charge in [-0.25, -0.2) is 4.79 Å². The predicted molar refractivity (Wildman–Crippen MR) is 136 cm³/mol. The number of aromatic nitrogens is 1.